The highest BCUT2D eigenvalue weighted by Gasteiger charge is 2.12. The number of rotatable bonds is 4. The van der Waals surface area contributed by atoms with E-state index in [4.69, 9.17) is 4.74 Å². The van der Waals surface area contributed by atoms with Crippen molar-refractivity contribution in [2.75, 3.05) is 6.61 Å². The van der Waals surface area contributed by atoms with Gasteiger partial charge in [0.2, 0.25) is 5.78 Å². The third-order valence-electron chi connectivity index (χ3n) is 2.22. The van der Waals surface area contributed by atoms with Crippen molar-refractivity contribution in [3.05, 3.63) is 42.2 Å². The van der Waals surface area contributed by atoms with E-state index in [2.05, 4.69) is 9.97 Å². The van der Waals surface area contributed by atoms with Gasteiger partial charge in [0, 0.05) is 25.0 Å². The highest BCUT2D eigenvalue weighted by atomic mass is 16.5. The average Bonchev–Trinajstić information content (AvgIpc) is 2.76. The summed E-state index contributed by atoms with van der Waals surface area (Å²) in [5.74, 6) is 0.439. The smallest absolute Gasteiger partial charge is 0.214 e. The van der Waals surface area contributed by atoms with Crippen LogP contribution in [0.25, 0.3) is 0 Å². The van der Waals surface area contributed by atoms with Gasteiger partial charge in [-0.3, -0.25) is 9.78 Å². The Morgan fingerprint density at radius 3 is 2.94 bits per heavy atom. The zero-order chi connectivity index (χ0) is 12.3. The molecule has 2 aromatic rings. The number of aromatic nitrogens is 3. The maximum atomic E-state index is 12.0. The number of ether oxygens (including phenoxy) is 1. The Labute approximate surface area is 99.1 Å². The molecule has 0 N–H and O–H groups in total. The van der Waals surface area contributed by atoms with E-state index in [0.717, 1.165) is 0 Å². The summed E-state index contributed by atoms with van der Waals surface area (Å²) in [5.41, 5.74) is 0.887. The summed E-state index contributed by atoms with van der Waals surface area (Å²) in [6.45, 7) is 2.43. The molecule has 0 unspecified atom stereocenters. The van der Waals surface area contributed by atoms with Crippen LogP contribution in [0.15, 0.2) is 31.0 Å². The molecule has 0 spiro atoms. The first kappa shape index (κ1) is 11.3. The predicted octanol–water partition coefficient (Wildman–Crippen LogP) is 1.44. The lowest BCUT2D eigenvalue weighted by Gasteiger charge is -2.03. The Morgan fingerprint density at radius 2 is 2.29 bits per heavy atom. The molecule has 2 rings (SSSR count). The molecule has 17 heavy (non-hydrogen) atoms. The fourth-order valence-corrected chi connectivity index (χ4v) is 1.47. The molecule has 0 bridgehead atoms. The maximum absolute atomic E-state index is 12.0. The molecular weight excluding hydrogens is 218 g/mol. The molecule has 0 aliphatic rings. The van der Waals surface area contributed by atoms with Gasteiger partial charge < -0.3 is 9.30 Å². The minimum Gasteiger partial charge on any atom is -0.492 e. The van der Waals surface area contributed by atoms with Gasteiger partial charge in [-0.15, -0.1) is 0 Å². The van der Waals surface area contributed by atoms with Crippen LogP contribution in [0, 0.1) is 0 Å². The van der Waals surface area contributed by atoms with Crippen molar-refractivity contribution in [1.29, 1.82) is 0 Å². The summed E-state index contributed by atoms with van der Waals surface area (Å²) in [7, 11) is 1.82. The summed E-state index contributed by atoms with van der Waals surface area (Å²) >= 11 is 0. The van der Waals surface area contributed by atoms with Crippen molar-refractivity contribution >= 4 is 5.78 Å². The van der Waals surface area contributed by atoms with E-state index in [9.17, 15) is 4.79 Å². The van der Waals surface area contributed by atoms with Crippen molar-refractivity contribution in [3.8, 4) is 5.75 Å². The van der Waals surface area contributed by atoms with Gasteiger partial charge in [-0.25, -0.2) is 4.98 Å². The number of nitrogens with zero attached hydrogens (tertiary/aromatic N) is 3. The predicted molar refractivity (Wildman–Crippen MR) is 62.0 cm³/mol. The summed E-state index contributed by atoms with van der Waals surface area (Å²) in [6, 6.07) is 1.67. The fourth-order valence-electron chi connectivity index (χ4n) is 1.47. The summed E-state index contributed by atoms with van der Waals surface area (Å²) in [4.78, 5) is 20.0. The molecule has 2 heterocycles. The summed E-state index contributed by atoms with van der Waals surface area (Å²) in [5, 5.41) is 0. The SMILES string of the molecule is CCOc1cncc(C(=O)c2cn(C)cn2)c1. The van der Waals surface area contributed by atoms with Crippen LogP contribution in [0.2, 0.25) is 0 Å². The number of carbonyl (C=O) groups excluding carboxylic acids is 1. The molecule has 0 saturated heterocycles. The molecule has 0 atom stereocenters. The van der Waals surface area contributed by atoms with Gasteiger partial charge in [-0.1, -0.05) is 0 Å². The summed E-state index contributed by atoms with van der Waals surface area (Å²) in [6.07, 6.45) is 6.36. The fraction of sp³-hybridized carbons (Fsp3) is 0.250. The van der Waals surface area contributed by atoms with Crippen LogP contribution in [-0.2, 0) is 7.05 Å². The minimum atomic E-state index is -0.153. The zero-order valence-electron chi connectivity index (χ0n) is 9.75. The maximum Gasteiger partial charge on any atom is 0.214 e. The standard InChI is InChI=1S/C12H13N3O2/c1-3-17-10-4-9(5-13-6-10)12(16)11-7-15(2)8-14-11/h4-8H,3H2,1-2H3. The van der Waals surface area contributed by atoms with Gasteiger partial charge in [0.05, 0.1) is 19.1 Å². The van der Waals surface area contributed by atoms with Crippen molar-refractivity contribution in [2.45, 2.75) is 6.92 Å². The molecule has 0 fully saturated rings. The summed E-state index contributed by atoms with van der Waals surface area (Å²) < 4.78 is 7.03. The van der Waals surface area contributed by atoms with Crippen molar-refractivity contribution in [1.82, 2.24) is 14.5 Å². The van der Waals surface area contributed by atoms with E-state index in [1.807, 2.05) is 14.0 Å². The van der Waals surface area contributed by atoms with Gasteiger partial charge in [0.25, 0.3) is 0 Å². The quantitative estimate of drug-likeness (QED) is 0.747. The molecule has 88 valence electrons. The second kappa shape index (κ2) is 4.78. The van der Waals surface area contributed by atoms with Crippen LogP contribution in [0.5, 0.6) is 5.75 Å². The lowest BCUT2D eigenvalue weighted by atomic mass is 10.1. The number of hydrogen-bond acceptors (Lipinski definition) is 4. The van der Waals surface area contributed by atoms with Gasteiger partial charge in [-0.2, -0.15) is 0 Å². The minimum absolute atomic E-state index is 0.153. The zero-order valence-corrected chi connectivity index (χ0v) is 9.75. The van der Waals surface area contributed by atoms with Gasteiger partial charge in [0.1, 0.15) is 11.4 Å². The first-order valence-corrected chi connectivity index (χ1v) is 5.31. The monoisotopic (exact) mass is 231 g/mol. The van der Waals surface area contributed by atoms with E-state index in [-0.39, 0.29) is 5.78 Å². The first-order valence-electron chi connectivity index (χ1n) is 5.31. The number of carbonyl (C=O) groups is 1. The molecule has 0 aliphatic heterocycles. The van der Waals surface area contributed by atoms with Crippen LogP contribution < -0.4 is 4.74 Å². The molecule has 0 aromatic carbocycles. The molecule has 0 aliphatic carbocycles. The van der Waals surface area contributed by atoms with Gasteiger partial charge >= 0.3 is 0 Å². The van der Waals surface area contributed by atoms with Crippen LogP contribution in [0.1, 0.15) is 23.0 Å². The highest BCUT2D eigenvalue weighted by Crippen LogP contribution is 2.14. The molecule has 5 heteroatoms. The van der Waals surface area contributed by atoms with Gasteiger partial charge in [-0.05, 0) is 13.0 Å². The number of aryl methyl sites for hydroxylation is 1. The second-order valence-electron chi connectivity index (χ2n) is 3.60. The second-order valence-corrected chi connectivity index (χ2v) is 3.60. The molecule has 0 radical (unpaired) electrons. The number of hydrogen-bond donors (Lipinski definition) is 0. The first-order chi connectivity index (χ1) is 8.20. The molecule has 0 amide bonds. The Kier molecular flexibility index (Phi) is 3.18. The molecule has 2 aromatic heterocycles. The molecule has 5 nitrogen and oxygen atoms in total. The van der Waals surface area contributed by atoms with E-state index in [0.29, 0.717) is 23.6 Å². The Bertz CT molecular complexity index is 534. The van der Waals surface area contributed by atoms with Crippen molar-refractivity contribution in [3.63, 3.8) is 0 Å². The van der Waals surface area contributed by atoms with Crippen LogP contribution in [-0.4, -0.2) is 26.9 Å². The van der Waals surface area contributed by atoms with Crippen LogP contribution in [0.3, 0.4) is 0 Å². The Balaban J connectivity index is 2.27. The average molecular weight is 231 g/mol. The highest BCUT2D eigenvalue weighted by molar-refractivity contribution is 6.07. The van der Waals surface area contributed by atoms with E-state index in [1.165, 1.54) is 6.20 Å². The van der Waals surface area contributed by atoms with Gasteiger partial charge in [0.15, 0.2) is 0 Å². The largest absolute Gasteiger partial charge is 0.492 e. The third-order valence-corrected chi connectivity index (χ3v) is 2.22. The normalized spacial score (nSPS) is 10.2. The lowest BCUT2D eigenvalue weighted by Crippen LogP contribution is -2.03. The van der Waals surface area contributed by atoms with Crippen LogP contribution in [0.4, 0.5) is 0 Å². The van der Waals surface area contributed by atoms with E-state index in [1.54, 1.807) is 29.4 Å². The Morgan fingerprint density at radius 1 is 1.47 bits per heavy atom. The molecule has 0 saturated carbocycles. The number of imidazole rings is 1. The van der Waals surface area contributed by atoms with Crippen molar-refractivity contribution in [2.24, 2.45) is 7.05 Å². The Hall–Kier alpha value is -2.17. The third kappa shape index (κ3) is 2.50. The molecular formula is C12H13N3O2. The van der Waals surface area contributed by atoms with E-state index < -0.39 is 0 Å². The number of pyridine rings is 1. The lowest BCUT2D eigenvalue weighted by molar-refractivity contribution is 0.103. The number of ketones is 1. The topological polar surface area (TPSA) is 57.0 Å². The van der Waals surface area contributed by atoms with Crippen molar-refractivity contribution < 1.29 is 9.53 Å². The van der Waals surface area contributed by atoms with E-state index >= 15 is 0 Å². The van der Waals surface area contributed by atoms with Crippen LogP contribution >= 0.6 is 0 Å².